The number of nitrogens with one attached hydrogen (secondary N) is 1. The Labute approximate surface area is 166 Å². The van der Waals surface area contributed by atoms with Gasteiger partial charge in [0.15, 0.2) is 0 Å². The number of anilines is 1. The van der Waals surface area contributed by atoms with Crippen LogP contribution in [0.15, 0.2) is 42.6 Å². The summed E-state index contributed by atoms with van der Waals surface area (Å²) in [5, 5.41) is 7.99. The van der Waals surface area contributed by atoms with E-state index in [0.717, 1.165) is 58.5 Å². The zero-order valence-corrected chi connectivity index (χ0v) is 16.4. The van der Waals surface area contributed by atoms with Gasteiger partial charge in [-0.1, -0.05) is 18.2 Å². The molecule has 0 saturated carbocycles. The molecule has 146 valence electrons. The maximum Gasteiger partial charge on any atom is 0.274 e. The zero-order valence-electron chi connectivity index (χ0n) is 15.6. The molecule has 4 rings (SSSR count). The van der Waals surface area contributed by atoms with E-state index in [1.165, 1.54) is 5.69 Å². The first-order valence-electron chi connectivity index (χ1n) is 9.66. The quantitative estimate of drug-likeness (QED) is 0.876. The van der Waals surface area contributed by atoms with E-state index in [2.05, 4.69) is 39.6 Å². The smallest absolute Gasteiger partial charge is 0.274 e. The standard InChI is InChI=1S/C20H27N5O.ClH/c26-20(19-9-13-25(22-19)18-8-4-10-21-16-18)24-12-5-11-23(14-15-24)17-6-2-1-3-7-17;/h1-3,6-7,9,13,18,21H,4-5,8,10-12,14-16H2;1H. The summed E-state index contributed by atoms with van der Waals surface area (Å²) in [5.41, 5.74) is 1.81. The highest BCUT2D eigenvalue weighted by Crippen LogP contribution is 2.18. The van der Waals surface area contributed by atoms with E-state index in [4.69, 9.17) is 0 Å². The molecular weight excluding hydrogens is 362 g/mol. The van der Waals surface area contributed by atoms with Crippen molar-refractivity contribution in [3.63, 3.8) is 0 Å². The molecule has 1 atom stereocenters. The van der Waals surface area contributed by atoms with Crippen molar-refractivity contribution < 1.29 is 4.79 Å². The van der Waals surface area contributed by atoms with Crippen molar-refractivity contribution in [3.8, 4) is 0 Å². The molecule has 6 nitrogen and oxygen atoms in total. The van der Waals surface area contributed by atoms with Gasteiger partial charge in [-0.25, -0.2) is 0 Å². The lowest BCUT2D eigenvalue weighted by Gasteiger charge is -2.24. The third-order valence-corrected chi connectivity index (χ3v) is 5.38. The number of benzene rings is 1. The van der Waals surface area contributed by atoms with Crippen LogP contribution in [-0.2, 0) is 0 Å². The number of nitrogens with zero attached hydrogens (tertiary/aromatic N) is 4. The van der Waals surface area contributed by atoms with Crippen molar-refractivity contribution in [3.05, 3.63) is 48.3 Å². The number of hydrogen-bond acceptors (Lipinski definition) is 4. The average molecular weight is 390 g/mol. The van der Waals surface area contributed by atoms with Crippen LogP contribution in [0.4, 0.5) is 5.69 Å². The molecule has 2 aliphatic heterocycles. The molecule has 1 N–H and O–H groups in total. The molecule has 1 aromatic heterocycles. The van der Waals surface area contributed by atoms with E-state index in [0.29, 0.717) is 11.7 Å². The second-order valence-corrected chi connectivity index (χ2v) is 7.15. The van der Waals surface area contributed by atoms with Gasteiger partial charge in [-0.15, -0.1) is 12.4 Å². The van der Waals surface area contributed by atoms with E-state index < -0.39 is 0 Å². The first kappa shape index (κ1) is 19.7. The van der Waals surface area contributed by atoms with Gasteiger partial charge in [0.2, 0.25) is 0 Å². The third-order valence-electron chi connectivity index (χ3n) is 5.38. The Balaban J connectivity index is 0.00000210. The largest absolute Gasteiger partial charge is 0.370 e. The molecule has 2 saturated heterocycles. The second kappa shape index (κ2) is 9.24. The van der Waals surface area contributed by atoms with E-state index in [9.17, 15) is 4.79 Å². The highest BCUT2D eigenvalue weighted by Gasteiger charge is 2.23. The van der Waals surface area contributed by atoms with Crippen LogP contribution in [-0.4, -0.2) is 59.9 Å². The molecule has 0 radical (unpaired) electrons. The summed E-state index contributed by atoms with van der Waals surface area (Å²) in [5.74, 6) is 0.0578. The summed E-state index contributed by atoms with van der Waals surface area (Å²) >= 11 is 0. The Morgan fingerprint density at radius 2 is 1.89 bits per heavy atom. The second-order valence-electron chi connectivity index (χ2n) is 7.15. The minimum Gasteiger partial charge on any atom is -0.370 e. The van der Waals surface area contributed by atoms with Gasteiger partial charge in [-0.3, -0.25) is 9.48 Å². The Bertz CT molecular complexity index is 729. The van der Waals surface area contributed by atoms with Crippen molar-refractivity contribution >= 4 is 24.0 Å². The number of halogens is 1. The van der Waals surface area contributed by atoms with Gasteiger partial charge in [0.25, 0.3) is 5.91 Å². The molecule has 1 aromatic carbocycles. The number of piperidine rings is 1. The number of rotatable bonds is 3. The zero-order chi connectivity index (χ0) is 17.8. The highest BCUT2D eigenvalue weighted by atomic mass is 35.5. The fraction of sp³-hybridized carbons (Fsp3) is 0.500. The molecule has 2 aliphatic rings. The molecule has 27 heavy (non-hydrogen) atoms. The van der Waals surface area contributed by atoms with Crippen LogP contribution in [0.5, 0.6) is 0 Å². The molecule has 0 spiro atoms. The van der Waals surface area contributed by atoms with Gasteiger partial charge in [0, 0.05) is 44.6 Å². The Morgan fingerprint density at radius 3 is 2.67 bits per heavy atom. The number of aromatic nitrogens is 2. The molecule has 2 fully saturated rings. The van der Waals surface area contributed by atoms with Crippen molar-refractivity contribution in [2.45, 2.75) is 25.3 Å². The lowest BCUT2D eigenvalue weighted by molar-refractivity contribution is 0.0759. The van der Waals surface area contributed by atoms with E-state index in [-0.39, 0.29) is 18.3 Å². The van der Waals surface area contributed by atoms with Crippen LogP contribution in [0.2, 0.25) is 0 Å². The molecule has 1 amide bonds. The average Bonchev–Trinajstić information content (AvgIpc) is 3.07. The van der Waals surface area contributed by atoms with Crippen LogP contribution in [0, 0.1) is 0 Å². The van der Waals surface area contributed by atoms with Crippen LogP contribution >= 0.6 is 12.4 Å². The third kappa shape index (κ3) is 4.62. The van der Waals surface area contributed by atoms with Gasteiger partial charge >= 0.3 is 0 Å². The normalized spacial score (nSPS) is 20.7. The van der Waals surface area contributed by atoms with Gasteiger partial charge in [0.05, 0.1) is 6.04 Å². The molecule has 7 heteroatoms. The lowest BCUT2D eigenvalue weighted by atomic mass is 10.1. The summed E-state index contributed by atoms with van der Waals surface area (Å²) in [6.07, 6.45) is 5.22. The Morgan fingerprint density at radius 1 is 1.04 bits per heavy atom. The molecule has 0 bridgehead atoms. The van der Waals surface area contributed by atoms with E-state index in [1.807, 2.05) is 27.9 Å². The molecule has 1 unspecified atom stereocenters. The van der Waals surface area contributed by atoms with E-state index in [1.54, 1.807) is 0 Å². The van der Waals surface area contributed by atoms with Crippen molar-refractivity contribution in [1.82, 2.24) is 20.0 Å². The number of carbonyl (C=O) groups excluding carboxylic acids is 1. The molecule has 0 aliphatic carbocycles. The minimum atomic E-state index is 0. The van der Waals surface area contributed by atoms with Gasteiger partial charge in [-0.2, -0.15) is 5.10 Å². The van der Waals surface area contributed by atoms with Crippen LogP contribution in [0.1, 0.15) is 35.8 Å². The van der Waals surface area contributed by atoms with Gasteiger partial charge < -0.3 is 15.1 Å². The number of hydrogen-bond donors (Lipinski definition) is 1. The molecular formula is C20H28ClN5O. The van der Waals surface area contributed by atoms with Crippen molar-refractivity contribution in [2.24, 2.45) is 0 Å². The van der Waals surface area contributed by atoms with Gasteiger partial charge in [-0.05, 0) is 44.0 Å². The summed E-state index contributed by atoms with van der Waals surface area (Å²) in [4.78, 5) is 17.2. The summed E-state index contributed by atoms with van der Waals surface area (Å²) in [6.45, 7) is 5.39. The van der Waals surface area contributed by atoms with Crippen molar-refractivity contribution in [1.29, 1.82) is 0 Å². The molecule has 3 heterocycles. The maximum atomic E-state index is 12.9. The number of amides is 1. The lowest BCUT2D eigenvalue weighted by Crippen LogP contribution is -2.36. The van der Waals surface area contributed by atoms with E-state index >= 15 is 0 Å². The topological polar surface area (TPSA) is 53.4 Å². The van der Waals surface area contributed by atoms with Crippen LogP contribution in [0.25, 0.3) is 0 Å². The SMILES string of the molecule is Cl.O=C(c1ccn(C2CCCNC2)n1)N1CCCN(c2ccccc2)CC1. The van der Waals surface area contributed by atoms with Crippen LogP contribution in [0.3, 0.4) is 0 Å². The first-order valence-corrected chi connectivity index (χ1v) is 9.66. The highest BCUT2D eigenvalue weighted by molar-refractivity contribution is 5.92. The predicted octanol–water partition coefficient (Wildman–Crippen LogP) is 2.58. The fourth-order valence-corrected chi connectivity index (χ4v) is 3.89. The van der Waals surface area contributed by atoms with Gasteiger partial charge in [0.1, 0.15) is 5.69 Å². The minimum absolute atomic E-state index is 0. The number of carbonyl (C=O) groups is 1. The first-order chi connectivity index (χ1) is 12.8. The maximum absolute atomic E-state index is 12.9. The summed E-state index contributed by atoms with van der Waals surface area (Å²) < 4.78 is 1.97. The Kier molecular flexibility index (Phi) is 6.74. The number of para-hydroxylation sites is 1. The molecule has 2 aromatic rings. The van der Waals surface area contributed by atoms with Crippen LogP contribution < -0.4 is 10.2 Å². The predicted molar refractivity (Wildman–Crippen MR) is 110 cm³/mol. The van der Waals surface area contributed by atoms with Crippen molar-refractivity contribution in [2.75, 3.05) is 44.2 Å². The monoisotopic (exact) mass is 389 g/mol. The Hall–Kier alpha value is -2.05. The fourth-order valence-electron chi connectivity index (χ4n) is 3.89. The summed E-state index contributed by atoms with van der Waals surface area (Å²) in [7, 11) is 0. The summed E-state index contributed by atoms with van der Waals surface area (Å²) in [6, 6.07) is 12.7.